The molecule has 0 aliphatic rings. The molecular weight excluding hydrogens is 622 g/mol. The fourth-order valence-electron chi connectivity index (χ4n) is 5.06. The van der Waals surface area contributed by atoms with Crippen LogP contribution in [0.15, 0.2) is 108 Å². The van der Waals surface area contributed by atoms with E-state index in [4.69, 9.17) is 16.3 Å². The Kier molecular flexibility index (Phi) is 11.8. The molecule has 0 aliphatic heterocycles. The van der Waals surface area contributed by atoms with Gasteiger partial charge < -0.3 is 15.0 Å². The van der Waals surface area contributed by atoms with Crippen LogP contribution in [-0.4, -0.2) is 50.9 Å². The molecule has 8 nitrogen and oxygen atoms in total. The number of sulfonamides is 1. The highest BCUT2D eigenvalue weighted by atomic mass is 35.5. The number of rotatable bonds is 14. The summed E-state index contributed by atoms with van der Waals surface area (Å²) in [5.74, 6) is -0.666. The van der Waals surface area contributed by atoms with Crippen LogP contribution in [0.3, 0.4) is 0 Å². The van der Waals surface area contributed by atoms with Gasteiger partial charge in [-0.3, -0.25) is 13.9 Å². The number of anilines is 1. The molecule has 0 saturated carbocycles. The quantitative estimate of drug-likeness (QED) is 0.169. The lowest BCUT2D eigenvalue weighted by molar-refractivity contribution is -0.140. The maximum Gasteiger partial charge on any atom is 0.264 e. The molecule has 0 fully saturated rings. The Morgan fingerprint density at radius 2 is 1.54 bits per heavy atom. The van der Waals surface area contributed by atoms with Gasteiger partial charge in [-0.2, -0.15) is 0 Å². The van der Waals surface area contributed by atoms with Gasteiger partial charge in [-0.25, -0.2) is 8.42 Å². The first-order valence-electron chi connectivity index (χ1n) is 15.1. The zero-order chi connectivity index (χ0) is 33.3. The first-order valence-corrected chi connectivity index (χ1v) is 17.0. The van der Waals surface area contributed by atoms with E-state index in [1.807, 2.05) is 75.4 Å². The first kappa shape index (κ1) is 34.5. The van der Waals surface area contributed by atoms with Crippen molar-refractivity contribution < 1.29 is 22.7 Å². The lowest BCUT2D eigenvalue weighted by Crippen LogP contribution is -2.54. The number of halogens is 1. The van der Waals surface area contributed by atoms with Crippen molar-refractivity contribution in [3.05, 3.63) is 125 Å². The Balaban J connectivity index is 1.86. The van der Waals surface area contributed by atoms with E-state index in [-0.39, 0.29) is 46.3 Å². The van der Waals surface area contributed by atoms with Crippen molar-refractivity contribution in [1.82, 2.24) is 10.2 Å². The molecule has 0 spiro atoms. The first-order chi connectivity index (χ1) is 22.0. The van der Waals surface area contributed by atoms with E-state index in [2.05, 4.69) is 5.32 Å². The van der Waals surface area contributed by atoms with Crippen molar-refractivity contribution >= 4 is 39.1 Å². The van der Waals surface area contributed by atoms with Crippen LogP contribution in [0.2, 0.25) is 5.02 Å². The van der Waals surface area contributed by atoms with Gasteiger partial charge >= 0.3 is 0 Å². The summed E-state index contributed by atoms with van der Waals surface area (Å²) < 4.78 is 35.0. The van der Waals surface area contributed by atoms with E-state index in [0.717, 1.165) is 21.0 Å². The van der Waals surface area contributed by atoms with Gasteiger partial charge in [0, 0.05) is 24.0 Å². The Morgan fingerprint density at radius 3 is 2.17 bits per heavy atom. The lowest BCUT2D eigenvalue weighted by atomic mass is 10.0. The number of amides is 2. The highest BCUT2D eigenvalue weighted by Crippen LogP contribution is 2.35. The minimum Gasteiger partial charge on any atom is -0.495 e. The number of benzene rings is 4. The number of ether oxygens (including phenoxy) is 1. The second-order valence-electron chi connectivity index (χ2n) is 11.1. The van der Waals surface area contributed by atoms with Crippen molar-refractivity contribution in [1.29, 1.82) is 0 Å². The number of carbonyl (C=O) groups is 2. The molecule has 242 valence electrons. The standard InChI is InChI=1S/C36H40ClN3O5S/c1-5-27(3)38-36(42)33(22-28-15-8-6-9-16-28)39(24-29-17-13-12-14-26(29)2)35(41)25-40(32-23-30(37)20-21-34(32)45-4)46(43,44)31-18-10-7-11-19-31/h6-21,23,27,33H,5,22,24-25H2,1-4H3,(H,38,42)/t27-,33+/m1/s1. The third kappa shape index (κ3) is 8.47. The maximum atomic E-state index is 14.7. The zero-order valence-corrected chi connectivity index (χ0v) is 28.1. The molecule has 0 aliphatic carbocycles. The molecule has 1 N–H and O–H groups in total. The molecule has 0 unspecified atom stereocenters. The van der Waals surface area contributed by atoms with Crippen LogP contribution in [0.5, 0.6) is 5.75 Å². The molecule has 10 heteroatoms. The Hall–Kier alpha value is -4.34. The van der Waals surface area contributed by atoms with Crippen LogP contribution >= 0.6 is 11.6 Å². The molecule has 0 saturated heterocycles. The summed E-state index contributed by atoms with van der Waals surface area (Å²) in [6.07, 6.45) is 0.930. The Labute approximate surface area is 277 Å². The van der Waals surface area contributed by atoms with Crippen LogP contribution in [0, 0.1) is 6.92 Å². The molecule has 2 atom stereocenters. The fourth-order valence-corrected chi connectivity index (χ4v) is 6.66. The van der Waals surface area contributed by atoms with Crippen molar-refractivity contribution in [3.63, 3.8) is 0 Å². The molecule has 0 bridgehead atoms. The molecule has 46 heavy (non-hydrogen) atoms. The monoisotopic (exact) mass is 661 g/mol. The summed E-state index contributed by atoms with van der Waals surface area (Å²) in [6, 6.07) is 28.5. The SMILES string of the molecule is CC[C@@H](C)NC(=O)[C@H](Cc1ccccc1)N(Cc1ccccc1C)C(=O)CN(c1cc(Cl)ccc1OC)S(=O)(=O)c1ccccc1. The number of methoxy groups -OCH3 is 1. The molecule has 4 rings (SSSR count). The summed E-state index contributed by atoms with van der Waals surface area (Å²) in [5, 5.41) is 3.32. The predicted molar refractivity (Wildman–Crippen MR) is 183 cm³/mol. The topological polar surface area (TPSA) is 96.0 Å². The molecule has 0 heterocycles. The number of carbonyl (C=O) groups excluding carboxylic acids is 2. The number of hydrogen-bond acceptors (Lipinski definition) is 5. The number of nitrogens with zero attached hydrogens (tertiary/aromatic N) is 2. The second kappa shape index (κ2) is 15.8. The van der Waals surface area contributed by atoms with E-state index in [1.54, 1.807) is 30.3 Å². The van der Waals surface area contributed by atoms with Crippen LogP contribution in [0.4, 0.5) is 5.69 Å². The minimum atomic E-state index is -4.29. The molecular formula is C36H40ClN3O5S. The zero-order valence-electron chi connectivity index (χ0n) is 26.5. The highest BCUT2D eigenvalue weighted by molar-refractivity contribution is 7.92. The van der Waals surface area contributed by atoms with E-state index in [0.29, 0.717) is 6.42 Å². The van der Waals surface area contributed by atoms with Crippen LogP contribution in [0.1, 0.15) is 37.0 Å². The maximum absolute atomic E-state index is 14.7. The van der Waals surface area contributed by atoms with Gasteiger partial charge in [0.1, 0.15) is 18.3 Å². The third-order valence-electron chi connectivity index (χ3n) is 7.89. The third-order valence-corrected chi connectivity index (χ3v) is 9.90. The summed E-state index contributed by atoms with van der Waals surface area (Å²) in [4.78, 5) is 30.1. The molecule has 4 aromatic carbocycles. The van der Waals surface area contributed by atoms with Gasteiger partial charge in [0.15, 0.2) is 0 Å². The van der Waals surface area contributed by atoms with E-state index < -0.39 is 28.5 Å². The van der Waals surface area contributed by atoms with Gasteiger partial charge in [-0.15, -0.1) is 0 Å². The summed E-state index contributed by atoms with van der Waals surface area (Å²) in [7, 11) is -2.88. The van der Waals surface area contributed by atoms with E-state index in [1.165, 1.54) is 30.2 Å². The van der Waals surface area contributed by atoms with Gasteiger partial charge in [-0.05, 0) is 67.3 Å². The normalized spacial score (nSPS) is 12.5. The number of aryl methyl sites for hydroxylation is 1. The number of nitrogens with one attached hydrogen (secondary N) is 1. The highest BCUT2D eigenvalue weighted by Gasteiger charge is 2.36. The van der Waals surface area contributed by atoms with Crippen molar-refractivity contribution in [2.24, 2.45) is 0 Å². The van der Waals surface area contributed by atoms with Gasteiger partial charge in [0.05, 0.1) is 17.7 Å². The van der Waals surface area contributed by atoms with Crippen molar-refractivity contribution in [2.75, 3.05) is 18.0 Å². The van der Waals surface area contributed by atoms with E-state index >= 15 is 0 Å². The second-order valence-corrected chi connectivity index (χ2v) is 13.4. The van der Waals surface area contributed by atoms with Crippen molar-refractivity contribution in [2.45, 2.75) is 57.1 Å². The van der Waals surface area contributed by atoms with Crippen LogP contribution in [-0.2, 0) is 32.6 Å². The average Bonchev–Trinajstić information content (AvgIpc) is 3.06. The van der Waals surface area contributed by atoms with E-state index in [9.17, 15) is 18.0 Å². The summed E-state index contributed by atoms with van der Waals surface area (Å²) in [5.41, 5.74) is 2.74. The van der Waals surface area contributed by atoms with Crippen LogP contribution in [0.25, 0.3) is 0 Å². The summed E-state index contributed by atoms with van der Waals surface area (Å²) >= 11 is 6.36. The minimum absolute atomic E-state index is 0.00867. The Bertz CT molecular complexity index is 1740. The van der Waals surface area contributed by atoms with Gasteiger partial charge in [0.25, 0.3) is 10.0 Å². The lowest BCUT2D eigenvalue weighted by Gasteiger charge is -2.35. The van der Waals surface area contributed by atoms with Crippen LogP contribution < -0.4 is 14.4 Å². The number of hydrogen-bond donors (Lipinski definition) is 1. The molecule has 0 radical (unpaired) electrons. The molecule has 2 amide bonds. The molecule has 4 aromatic rings. The smallest absolute Gasteiger partial charge is 0.264 e. The predicted octanol–water partition coefficient (Wildman–Crippen LogP) is 6.41. The average molecular weight is 662 g/mol. The molecule has 0 aromatic heterocycles. The van der Waals surface area contributed by atoms with Crippen molar-refractivity contribution in [3.8, 4) is 5.75 Å². The van der Waals surface area contributed by atoms with Gasteiger partial charge in [0.2, 0.25) is 11.8 Å². The largest absolute Gasteiger partial charge is 0.495 e. The fraction of sp³-hybridized carbons (Fsp3) is 0.278. The summed E-state index contributed by atoms with van der Waals surface area (Å²) in [6.45, 7) is 5.29. The van der Waals surface area contributed by atoms with Gasteiger partial charge in [-0.1, -0.05) is 91.3 Å². The Morgan fingerprint density at radius 1 is 0.913 bits per heavy atom.